The van der Waals surface area contributed by atoms with Gasteiger partial charge < -0.3 is 9.47 Å². The molecule has 7 nitrogen and oxygen atoms in total. The van der Waals surface area contributed by atoms with E-state index in [0.717, 1.165) is 0 Å². The summed E-state index contributed by atoms with van der Waals surface area (Å²) in [4.78, 5) is 12.7. The number of fused-ring (bicyclic) bond motifs is 1. The van der Waals surface area contributed by atoms with Gasteiger partial charge in [-0.1, -0.05) is 25.2 Å². The zero-order valence-corrected chi connectivity index (χ0v) is 12.8. The third-order valence-corrected chi connectivity index (χ3v) is 3.80. The molecule has 2 aromatic heterocycles. The Balaban J connectivity index is 2.36. The molecule has 0 N–H and O–H groups in total. The van der Waals surface area contributed by atoms with Crippen molar-refractivity contribution in [3.8, 4) is 0 Å². The number of hydrogen-bond acceptors (Lipinski definition) is 7. The molecular weight excluding hydrogens is 280 g/mol. The highest BCUT2D eigenvalue weighted by atomic mass is 32.1. The number of esters is 1. The zero-order valence-electron chi connectivity index (χ0n) is 12.0. The molecule has 0 amide bonds. The summed E-state index contributed by atoms with van der Waals surface area (Å²) in [5.74, 6) is 0.0953. The van der Waals surface area contributed by atoms with Crippen LogP contribution in [0, 0.1) is 5.92 Å². The van der Waals surface area contributed by atoms with Crippen LogP contribution in [0.4, 0.5) is 0 Å². The fraction of sp³-hybridized carbons (Fsp3) is 0.667. The monoisotopic (exact) mass is 298 g/mol. The second-order valence-electron chi connectivity index (χ2n) is 4.66. The van der Waals surface area contributed by atoms with E-state index >= 15 is 0 Å². The first kappa shape index (κ1) is 14.9. The van der Waals surface area contributed by atoms with Crippen molar-refractivity contribution in [2.24, 2.45) is 5.92 Å². The maximum atomic E-state index is 12.1. The number of hydrogen-bond donors (Lipinski definition) is 0. The highest BCUT2D eigenvalue weighted by molar-refractivity contribution is 7.16. The number of carbonyl (C=O) groups excluding carboxylic acids is 1. The van der Waals surface area contributed by atoms with Gasteiger partial charge in [-0.2, -0.15) is 9.61 Å². The molecule has 0 aliphatic rings. The zero-order chi connectivity index (χ0) is 14.7. The summed E-state index contributed by atoms with van der Waals surface area (Å²) in [7, 11) is 1.59. The topological polar surface area (TPSA) is 78.6 Å². The van der Waals surface area contributed by atoms with E-state index in [-0.39, 0.29) is 17.8 Å². The number of rotatable bonds is 6. The number of methoxy groups -OCH3 is 1. The lowest BCUT2D eigenvalue weighted by atomic mass is 9.97. The molecule has 0 radical (unpaired) electrons. The van der Waals surface area contributed by atoms with Crippen molar-refractivity contribution in [2.45, 2.75) is 33.3 Å². The summed E-state index contributed by atoms with van der Waals surface area (Å²) in [6.45, 7) is 6.43. The fourth-order valence-electron chi connectivity index (χ4n) is 1.91. The van der Waals surface area contributed by atoms with Crippen molar-refractivity contribution in [1.82, 2.24) is 19.8 Å². The van der Waals surface area contributed by atoms with Crippen LogP contribution < -0.4 is 0 Å². The Hall–Kier alpha value is -1.54. The van der Waals surface area contributed by atoms with Gasteiger partial charge in [-0.05, 0) is 12.8 Å². The van der Waals surface area contributed by atoms with E-state index in [1.165, 1.54) is 11.3 Å². The smallest absolute Gasteiger partial charge is 0.316 e. The first-order valence-corrected chi connectivity index (χ1v) is 7.26. The van der Waals surface area contributed by atoms with Gasteiger partial charge >= 0.3 is 5.97 Å². The summed E-state index contributed by atoms with van der Waals surface area (Å²) in [6, 6.07) is 0. The maximum Gasteiger partial charge on any atom is 0.316 e. The van der Waals surface area contributed by atoms with Gasteiger partial charge in [0.15, 0.2) is 5.82 Å². The summed E-state index contributed by atoms with van der Waals surface area (Å²) >= 11 is 1.36. The van der Waals surface area contributed by atoms with Crippen LogP contribution in [0.2, 0.25) is 0 Å². The number of aromatic nitrogens is 4. The molecule has 20 heavy (non-hydrogen) atoms. The number of nitrogens with zero attached hydrogens (tertiary/aromatic N) is 4. The molecular formula is C12H18N4O3S. The predicted octanol–water partition coefficient (Wildman–Crippen LogP) is 1.63. The van der Waals surface area contributed by atoms with Crippen LogP contribution in [-0.4, -0.2) is 39.5 Å². The molecule has 0 bridgehead atoms. The minimum absolute atomic E-state index is 0.101. The Bertz CT molecular complexity index is 593. The Morgan fingerprint density at radius 1 is 1.40 bits per heavy atom. The molecule has 0 aliphatic heterocycles. The van der Waals surface area contributed by atoms with E-state index in [1.54, 1.807) is 18.5 Å². The van der Waals surface area contributed by atoms with Gasteiger partial charge in [0, 0.05) is 7.11 Å². The molecule has 0 spiro atoms. The predicted molar refractivity (Wildman–Crippen MR) is 73.6 cm³/mol. The molecule has 1 unspecified atom stereocenters. The van der Waals surface area contributed by atoms with Crippen molar-refractivity contribution in [2.75, 3.05) is 13.7 Å². The molecule has 2 rings (SSSR count). The molecule has 1 atom stereocenters. The van der Waals surface area contributed by atoms with Gasteiger partial charge in [0.25, 0.3) is 0 Å². The minimum atomic E-state index is -0.378. The highest BCUT2D eigenvalue weighted by Gasteiger charge is 2.30. The van der Waals surface area contributed by atoms with Crippen molar-refractivity contribution in [3.63, 3.8) is 0 Å². The molecule has 8 heteroatoms. The van der Waals surface area contributed by atoms with Gasteiger partial charge in [0.05, 0.1) is 6.61 Å². The van der Waals surface area contributed by atoms with Gasteiger partial charge in [-0.3, -0.25) is 4.79 Å². The van der Waals surface area contributed by atoms with Crippen LogP contribution in [0.25, 0.3) is 4.96 Å². The minimum Gasteiger partial charge on any atom is -0.465 e. The first-order valence-electron chi connectivity index (χ1n) is 6.45. The van der Waals surface area contributed by atoms with Gasteiger partial charge in [-0.25, -0.2) is 0 Å². The lowest BCUT2D eigenvalue weighted by Crippen LogP contribution is -2.21. The normalized spacial score (nSPS) is 13.1. The summed E-state index contributed by atoms with van der Waals surface area (Å²) < 4.78 is 11.8. The Labute approximate surface area is 120 Å². The first-order chi connectivity index (χ1) is 9.58. The SMILES string of the molecule is CCOC(=O)C(c1nn2c(COC)nnc2s1)C(C)C. The van der Waals surface area contributed by atoms with Crippen LogP contribution >= 0.6 is 11.3 Å². The van der Waals surface area contributed by atoms with Crippen LogP contribution in [0.5, 0.6) is 0 Å². The third-order valence-electron chi connectivity index (χ3n) is 2.82. The number of ether oxygens (including phenoxy) is 2. The van der Waals surface area contributed by atoms with E-state index in [4.69, 9.17) is 9.47 Å². The fourth-order valence-corrected chi connectivity index (χ4v) is 3.03. The van der Waals surface area contributed by atoms with E-state index in [0.29, 0.717) is 29.0 Å². The van der Waals surface area contributed by atoms with Crippen molar-refractivity contribution >= 4 is 22.3 Å². The highest BCUT2D eigenvalue weighted by Crippen LogP contribution is 2.29. The second kappa shape index (κ2) is 6.27. The molecule has 2 aromatic rings. The molecule has 110 valence electrons. The third kappa shape index (κ3) is 2.80. The van der Waals surface area contributed by atoms with Gasteiger partial charge in [0.1, 0.15) is 17.5 Å². The van der Waals surface area contributed by atoms with E-state index in [9.17, 15) is 4.79 Å². The van der Waals surface area contributed by atoms with Gasteiger partial charge in [-0.15, -0.1) is 10.2 Å². The molecule has 0 saturated heterocycles. The summed E-state index contributed by atoms with van der Waals surface area (Å²) in [5.41, 5.74) is 0. The molecule has 0 aliphatic carbocycles. The Morgan fingerprint density at radius 2 is 2.15 bits per heavy atom. The largest absolute Gasteiger partial charge is 0.465 e. The summed E-state index contributed by atoms with van der Waals surface area (Å²) in [6.07, 6.45) is 0. The maximum absolute atomic E-state index is 12.1. The van der Waals surface area contributed by atoms with E-state index in [1.807, 2.05) is 13.8 Å². The summed E-state index contributed by atoms with van der Waals surface area (Å²) in [5, 5.41) is 13.2. The van der Waals surface area contributed by atoms with Crippen LogP contribution in [0.3, 0.4) is 0 Å². The molecule has 0 aromatic carbocycles. The Morgan fingerprint density at radius 3 is 2.75 bits per heavy atom. The molecule has 0 saturated carbocycles. The average molecular weight is 298 g/mol. The average Bonchev–Trinajstić information content (AvgIpc) is 2.92. The lowest BCUT2D eigenvalue weighted by Gasteiger charge is -2.15. The lowest BCUT2D eigenvalue weighted by molar-refractivity contribution is -0.146. The van der Waals surface area contributed by atoms with Crippen LogP contribution in [0.1, 0.15) is 37.5 Å². The van der Waals surface area contributed by atoms with Crippen LogP contribution in [-0.2, 0) is 20.9 Å². The standard InChI is InChI=1S/C12H18N4O3S/c1-5-19-11(17)9(7(2)3)10-15-16-8(6-18-4)13-14-12(16)20-10/h7,9H,5-6H2,1-4H3. The number of carbonyl (C=O) groups is 1. The van der Waals surface area contributed by atoms with E-state index in [2.05, 4.69) is 15.3 Å². The molecule has 2 heterocycles. The van der Waals surface area contributed by atoms with Gasteiger partial charge in [0.2, 0.25) is 4.96 Å². The Kier molecular flexibility index (Phi) is 4.66. The van der Waals surface area contributed by atoms with Crippen molar-refractivity contribution in [1.29, 1.82) is 0 Å². The van der Waals surface area contributed by atoms with Crippen molar-refractivity contribution in [3.05, 3.63) is 10.8 Å². The molecule has 0 fully saturated rings. The van der Waals surface area contributed by atoms with Crippen LogP contribution in [0.15, 0.2) is 0 Å². The van der Waals surface area contributed by atoms with Crippen molar-refractivity contribution < 1.29 is 14.3 Å². The second-order valence-corrected chi connectivity index (χ2v) is 5.65. The van der Waals surface area contributed by atoms with E-state index < -0.39 is 0 Å². The quantitative estimate of drug-likeness (QED) is 0.754.